The zero-order chi connectivity index (χ0) is 33.1. The van der Waals surface area contributed by atoms with Gasteiger partial charge < -0.3 is 4.74 Å². The molecule has 2 atom stereocenters. The van der Waals surface area contributed by atoms with E-state index in [1.807, 2.05) is 82.3 Å². The number of anilines is 1. The van der Waals surface area contributed by atoms with Gasteiger partial charge >= 0.3 is 0 Å². The summed E-state index contributed by atoms with van der Waals surface area (Å²) in [6.45, 7) is 7.84. The van der Waals surface area contributed by atoms with Crippen molar-refractivity contribution in [2.24, 2.45) is 4.99 Å². The van der Waals surface area contributed by atoms with Gasteiger partial charge in [-0.3, -0.25) is 15.0 Å². The average Bonchev–Trinajstić information content (AvgIpc) is 3.28. The van der Waals surface area contributed by atoms with E-state index in [0.29, 0.717) is 33.7 Å². The Balaban J connectivity index is 1.47. The number of ether oxygens (including phenoxy) is 1. The van der Waals surface area contributed by atoms with Crippen LogP contribution in [0.4, 0.5) is 11.4 Å². The summed E-state index contributed by atoms with van der Waals surface area (Å²) in [5.74, 6) is 0.597. The number of nitrogens with zero attached hydrogens (tertiary/aromatic N) is 2. The third-order valence-corrected chi connectivity index (χ3v) is 9.81. The number of amidine groups is 1. The molecule has 0 aliphatic carbocycles. The van der Waals surface area contributed by atoms with Gasteiger partial charge in [-0.2, -0.15) is 0 Å². The van der Waals surface area contributed by atoms with Crippen molar-refractivity contribution in [2.75, 3.05) is 5.01 Å². The van der Waals surface area contributed by atoms with Crippen LogP contribution < -0.4 is 15.2 Å². The molecule has 2 unspecified atom stereocenters. The molecule has 4 aromatic carbocycles. The minimum atomic E-state index is -0.843. The van der Waals surface area contributed by atoms with Crippen LogP contribution in [0.15, 0.2) is 82.7 Å². The lowest BCUT2D eigenvalue weighted by Crippen LogP contribution is -2.36. The summed E-state index contributed by atoms with van der Waals surface area (Å²) in [6, 6.07) is 21.9. The fourth-order valence-corrected chi connectivity index (χ4v) is 7.33. The van der Waals surface area contributed by atoms with Gasteiger partial charge in [-0.15, -0.1) is 11.8 Å². The zero-order valence-corrected chi connectivity index (χ0v) is 29.4. The summed E-state index contributed by atoms with van der Waals surface area (Å²) >= 11 is 27.0. The minimum Gasteiger partial charge on any atom is -0.482 e. The first kappa shape index (κ1) is 34.1. The number of ketones is 1. The van der Waals surface area contributed by atoms with Crippen molar-refractivity contribution >= 4 is 87.1 Å². The summed E-state index contributed by atoms with van der Waals surface area (Å²) in [6.07, 6.45) is 0.00727. The Morgan fingerprint density at radius 2 is 1.61 bits per heavy atom. The Kier molecular flexibility index (Phi) is 10.9. The fourth-order valence-electron chi connectivity index (χ4n) is 5.06. The van der Waals surface area contributed by atoms with Crippen LogP contribution in [0.5, 0.6) is 5.75 Å². The van der Waals surface area contributed by atoms with Gasteiger partial charge in [0.1, 0.15) is 22.5 Å². The zero-order valence-electron chi connectivity index (χ0n) is 25.5. The van der Waals surface area contributed by atoms with Crippen LogP contribution in [0, 0.1) is 20.8 Å². The van der Waals surface area contributed by atoms with Gasteiger partial charge in [0.2, 0.25) is 0 Å². The number of carbonyl (C=O) groups excluding carboxylic acids is 2. The van der Waals surface area contributed by atoms with E-state index < -0.39 is 11.4 Å². The highest BCUT2D eigenvalue weighted by molar-refractivity contribution is 8.01. The molecule has 11 heteroatoms. The molecule has 0 spiro atoms. The number of hydrazine groups is 1. The van der Waals surface area contributed by atoms with Crippen molar-refractivity contribution in [3.8, 4) is 5.75 Å². The van der Waals surface area contributed by atoms with Gasteiger partial charge in [0.15, 0.2) is 11.9 Å². The Labute approximate surface area is 293 Å². The van der Waals surface area contributed by atoms with Crippen LogP contribution in [0.2, 0.25) is 20.1 Å². The standard InChI is InChI=1S/C35H31Cl4N3O3S/c1-5-29(45-30-13-11-19(2)14-21(30)4)28(43)16-22-8-6-7-9-31(22)46-33-34(40-27-15-20(3)10-12-24(27)37)41-42(35(33)44)32-25(38)17-23(36)18-26(32)39/h6-15,17-18,29,33H,5,16H2,1-4H3,(H,40,41). The van der Waals surface area contributed by atoms with E-state index >= 15 is 0 Å². The number of nitrogens with one attached hydrogen (secondary N) is 1. The highest BCUT2D eigenvalue weighted by Gasteiger charge is 2.41. The molecule has 1 aliphatic rings. The predicted octanol–water partition coefficient (Wildman–Crippen LogP) is 9.94. The van der Waals surface area contributed by atoms with Crippen molar-refractivity contribution in [1.29, 1.82) is 0 Å². The van der Waals surface area contributed by atoms with Crippen LogP contribution in [0.3, 0.4) is 0 Å². The second-order valence-electron chi connectivity index (χ2n) is 11.0. The molecule has 1 fully saturated rings. The molecule has 0 aromatic heterocycles. The van der Waals surface area contributed by atoms with Crippen LogP contribution >= 0.6 is 58.2 Å². The lowest BCUT2D eigenvalue weighted by Gasteiger charge is -2.20. The third-order valence-electron chi connectivity index (χ3n) is 7.38. The van der Waals surface area contributed by atoms with Gasteiger partial charge in [0.25, 0.3) is 5.91 Å². The summed E-state index contributed by atoms with van der Waals surface area (Å²) in [5.41, 5.74) is 7.67. The van der Waals surface area contributed by atoms with E-state index in [0.717, 1.165) is 27.1 Å². The number of thioether (sulfide) groups is 1. The van der Waals surface area contributed by atoms with E-state index in [9.17, 15) is 9.59 Å². The maximum atomic E-state index is 14.1. The normalized spacial score (nSPS) is 16.1. The molecule has 0 bridgehead atoms. The van der Waals surface area contributed by atoms with Crippen molar-refractivity contribution in [1.82, 2.24) is 5.43 Å². The van der Waals surface area contributed by atoms with Gasteiger partial charge in [0.05, 0.1) is 20.8 Å². The molecule has 0 radical (unpaired) electrons. The number of hydrogen-bond donors (Lipinski definition) is 1. The van der Waals surface area contributed by atoms with Crippen molar-refractivity contribution in [3.63, 3.8) is 0 Å². The van der Waals surface area contributed by atoms with Crippen LogP contribution in [-0.2, 0) is 16.0 Å². The number of hydrogen-bond acceptors (Lipinski definition) is 5. The second kappa shape index (κ2) is 14.7. The Morgan fingerprint density at radius 3 is 2.30 bits per heavy atom. The van der Waals surface area contributed by atoms with Gasteiger partial charge in [-0.1, -0.05) is 95.3 Å². The second-order valence-corrected chi connectivity index (χ2v) is 13.8. The average molecular weight is 716 g/mol. The molecule has 1 saturated heterocycles. The van der Waals surface area contributed by atoms with E-state index in [2.05, 4.69) is 5.43 Å². The molecule has 1 amide bonds. The van der Waals surface area contributed by atoms with Crippen molar-refractivity contribution in [3.05, 3.63) is 115 Å². The van der Waals surface area contributed by atoms with E-state index in [-0.39, 0.29) is 33.8 Å². The maximum Gasteiger partial charge on any atom is 0.267 e. The number of Topliss-reactive ketones (excluding diaryl/α,β-unsaturated/α-hetero) is 1. The minimum absolute atomic E-state index is 0.0619. The smallest absolute Gasteiger partial charge is 0.267 e. The molecule has 5 rings (SSSR count). The third kappa shape index (κ3) is 7.67. The van der Waals surface area contributed by atoms with Crippen LogP contribution in [0.25, 0.3) is 0 Å². The number of rotatable bonds is 10. The van der Waals surface area contributed by atoms with Gasteiger partial charge in [-0.05, 0) is 80.3 Å². The lowest BCUT2D eigenvalue weighted by molar-refractivity contribution is -0.125. The largest absolute Gasteiger partial charge is 0.482 e. The fraction of sp³-hybridized carbons (Fsp3) is 0.229. The first-order valence-electron chi connectivity index (χ1n) is 14.6. The number of aryl methyl sites for hydroxylation is 3. The first-order valence-corrected chi connectivity index (χ1v) is 16.9. The van der Waals surface area contributed by atoms with Crippen molar-refractivity contribution < 1.29 is 14.3 Å². The molecule has 46 heavy (non-hydrogen) atoms. The van der Waals surface area contributed by atoms with E-state index in [1.54, 1.807) is 6.07 Å². The quantitative estimate of drug-likeness (QED) is 0.177. The number of halogens is 4. The molecule has 1 aliphatic heterocycles. The molecular weight excluding hydrogens is 684 g/mol. The van der Waals surface area contributed by atoms with Gasteiger partial charge in [0, 0.05) is 16.3 Å². The summed E-state index contributed by atoms with van der Waals surface area (Å²) < 4.78 is 6.18. The Hall–Kier alpha value is -3.20. The molecule has 0 saturated carbocycles. The predicted molar refractivity (Wildman–Crippen MR) is 191 cm³/mol. The highest BCUT2D eigenvalue weighted by atomic mass is 35.5. The molecule has 238 valence electrons. The van der Waals surface area contributed by atoms with Crippen LogP contribution in [-0.4, -0.2) is 28.9 Å². The maximum absolute atomic E-state index is 14.1. The Bertz CT molecular complexity index is 1830. The number of amides is 1. The van der Waals surface area contributed by atoms with Gasteiger partial charge in [-0.25, -0.2) is 10.0 Å². The monoisotopic (exact) mass is 713 g/mol. The van der Waals surface area contributed by atoms with Crippen molar-refractivity contribution in [2.45, 2.75) is 56.8 Å². The first-order chi connectivity index (χ1) is 21.9. The number of aliphatic imine (C=N–C) groups is 1. The number of carbonyl (C=O) groups is 2. The topological polar surface area (TPSA) is 71.0 Å². The lowest BCUT2D eigenvalue weighted by atomic mass is 10.0. The van der Waals surface area contributed by atoms with Crippen LogP contribution in [0.1, 0.15) is 35.6 Å². The molecule has 4 aromatic rings. The molecular formula is C35H31Cl4N3O3S. The highest BCUT2D eigenvalue weighted by Crippen LogP contribution is 2.40. The number of benzene rings is 4. The molecule has 1 N–H and O–H groups in total. The summed E-state index contributed by atoms with van der Waals surface area (Å²) in [5, 5.41) is 1.58. The summed E-state index contributed by atoms with van der Waals surface area (Å²) in [7, 11) is 0. The Morgan fingerprint density at radius 1 is 0.935 bits per heavy atom. The summed E-state index contributed by atoms with van der Waals surface area (Å²) in [4.78, 5) is 33.2. The SMILES string of the molecule is CCC(Oc1ccc(C)cc1C)C(=O)Cc1ccccc1SC1C(=O)N(c2c(Cl)cc(Cl)cc2Cl)NC1=Nc1cc(C)ccc1Cl. The molecule has 6 nitrogen and oxygen atoms in total. The van der Waals surface area contributed by atoms with E-state index in [1.165, 1.54) is 28.9 Å². The molecule has 1 heterocycles. The van der Waals surface area contributed by atoms with E-state index in [4.69, 9.17) is 56.1 Å².